The van der Waals surface area contributed by atoms with Crippen molar-refractivity contribution in [3.63, 3.8) is 0 Å². The van der Waals surface area contributed by atoms with Crippen molar-refractivity contribution in [2.75, 3.05) is 5.32 Å². The molecule has 0 aromatic heterocycles. The summed E-state index contributed by atoms with van der Waals surface area (Å²) in [5.41, 5.74) is 3.30. The lowest BCUT2D eigenvalue weighted by molar-refractivity contribution is -0.115. The first kappa shape index (κ1) is 12.4. The van der Waals surface area contributed by atoms with Crippen molar-refractivity contribution >= 4 is 11.6 Å². The van der Waals surface area contributed by atoms with Crippen molar-refractivity contribution in [1.29, 1.82) is 0 Å². The highest BCUT2D eigenvalue weighted by Gasteiger charge is 2.05. The molecule has 0 saturated heterocycles. The minimum absolute atomic E-state index is 0.0514. The zero-order chi connectivity index (χ0) is 12.8. The van der Waals surface area contributed by atoms with Crippen LogP contribution in [0.5, 0.6) is 0 Å². The van der Waals surface area contributed by atoms with E-state index >= 15 is 0 Å². The summed E-state index contributed by atoms with van der Waals surface area (Å²) >= 11 is 0. The van der Waals surface area contributed by atoms with Crippen LogP contribution >= 0.6 is 0 Å². The van der Waals surface area contributed by atoms with E-state index in [-0.39, 0.29) is 5.91 Å². The number of amides is 1. The molecule has 0 aliphatic rings. The van der Waals surface area contributed by atoms with Crippen LogP contribution < -0.4 is 5.32 Å². The summed E-state index contributed by atoms with van der Waals surface area (Å²) in [6.07, 6.45) is 1.33. The zero-order valence-corrected chi connectivity index (χ0v) is 10.5. The van der Waals surface area contributed by atoms with Gasteiger partial charge in [-0.25, -0.2) is 0 Å². The first-order valence-electron chi connectivity index (χ1n) is 6.21. The van der Waals surface area contributed by atoms with Crippen LogP contribution in [0.2, 0.25) is 0 Å². The largest absolute Gasteiger partial charge is 0.326 e. The number of hydrogen-bond acceptors (Lipinski definition) is 1. The van der Waals surface area contributed by atoms with Gasteiger partial charge in [-0.05, 0) is 23.6 Å². The molecule has 2 nitrogen and oxygen atoms in total. The van der Waals surface area contributed by atoms with Gasteiger partial charge in [-0.15, -0.1) is 0 Å². The van der Waals surface area contributed by atoms with E-state index in [0.717, 1.165) is 17.7 Å². The molecule has 18 heavy (non-hydrogen) atoms. The zero-order valence-electron chi connectivity index (χ0n) is 10.5. The Bertz CT molecular complexity index is 520. The van der Waals surface area contributed by atoms with Crippen LogP contribution in [0.4, 0.5) is 5.69 Å². The summed E-state index contributed by atoms with van der Waals surface area (Å²) in [5.74, 6) is 0.0514. The van der Waals surface area contributed by atoms with Crippen molar-refractivity contribution in [1.82, 2.24) is 0 Å². The summed E-state index contributed by atoms with van der Waals surface area (Å²) in [6, 6.07) is 18.2. The fraction of sp³-hybridized carbons (Fsp3) is 0.188. The molecule has 0 bridgehead atoms. The van der Waals surface area contributed by atoms with E-state index in [1.54, 1.807) is 0 Å². The molecule has 0 radical (unpaired) electrons. The number of hydrogen-bond donors (Lipinski definition) is 1. The fourth-order valence-electron chi connectivity index (χ4n) is 1.85. The average molecular weight is 239 g/mol. The third-order valence-electron chi connectivity index (χ3n) is 2.85. The third kappa shape index (κ3) is 3.20. The van der Waals surface area contributed by atoms with E-state index in [9.17, 15) is 4.79 Å². The number of carbonyl (C=O) groups is 1. The molecule has 0 atom stereocenters. The van der Waals surface area contributed by atoms with E-state index in [2.05, 4.69) is 23.5 Å². The Morgan fingerprint density at radius 1 is 1.00 bits per heavy atom. The van der Waals surface area contributed by atoms with E-state index in [1.165, 1.54) is 5.56 Å². The maximum atomic E-state index is 11.5. The monoisotopic (exact) mass is 239 g/mol. The molecule has 1 N–H and O–H groups in total. The predicted octanol–water partition coefficient (Wildman–Crippen LogP) is 3.63. The summed E-state index contributed by atoms with van der Waals surface area (Å²) in [5, 5.41) is 2.94. The molecule has 0 aliphatic carbocycles. The maximum Gasteiger partial charge on any atom is 0.224 e. The van der Waals surface area contributed by atoms with Crippen LogP contribution in [0, 0.1) is 0 Å². The minimum Gasteiger partial charge on any atom is -0.326 e. The van der Waals surface area contributed by atoms with E-state index in [1.807, 2.05) is 43.3 Å². The van der Waals surface area contributed by atoms with Crippen LogP contribution in [-0.2, 0) is 11.2 Å². The summed E-state index contributed by atoms with van der Waals surface area (Å²) in [7, 11) is 0. The molecule has 0 saturated carbocycles. The Labute approximate surface area is 108 Å². The van der Waals surface area contributed by atoms with Crippen molar-refractivity contribution in [3.8, 4) is 0 Å². The Morgan fingerprint density at radius 2 is 1.67 bits per heavy atom. The van der Waals surface area contributed by atoms with Gasteiger partial charge >= 0.3 is 0 Å². The van der Waals surface area contributed by atoms with Gasteiger partial charge < -0.3 is 5.32 Å². The average Bonchev–Trinajstić information content (AvgIpc) is 2.42. The molecule has 0 fully saturated rings. The van der Waals surface area contributed by atoms with Gasteiger partial charge in [-0.3, -0.25) is 4.79 Å². The minimum atomic E-state index is 0.0514. The Hall–Kier alpha value is -2.09. The van der Waals surface area contributed by atoms with Gasteiger partial charge in [0, 0.05) is 12.1 Å². The standard InChI is InChI=1S/C16H17NO/c1-2-16(18)17-15-11-7-6-10-14(15)12-13-8-4-3-5-9-13/h3-11H,2,12H2,1H3,(H,17,18). The van der Waals surface area contributed by atoms with E-state index in [0.29, 0.717) is 6.42 Å². The SMILES string of the molecule is CCC(=O)Nc1ccccc1Cc1ccccc1. The number of rotatable bonds is 4. The number of para-hydroxylation sites is 1. The molecule has 0 unspecified atom stereocenters. The summed E-state index contributed by atoms with van der Waals surface area (Å²) < 4.78 is 0. The quantitative estimate of drug-likeness (QED) is 0.867. The van der Waals surface area contributed by atoms with Crippen LogP contribution in [0.3, 0.4) is 0 Å². The van der Waals surface area contributed by atoms with Crippen LogP contribution in [0.15, 0.2) is 54.6 Å². The van der Waals surface area contributed by atoms with Gasteiger partial charge in [-0.1, -0.05) is 55.5 Å². The van der Waals surface area contributed by atoms with Crippen LogP contribution in [0.25, 0.3) is 0 Å². The molecule has 92 valence electrons. The fourth-order valence-corrected chi connectivity index (χ4v) is 1.85. The lowest BCUT2D eigenvalue weighted by Gasteiger charge is -2.10. The van der Waals surface area contributed by atoms with E-state index < -0.39 is 0 Å². The first-order chi connectivity index (χ1) is 8.79. The number of carbonyl (C=O) groups excluding carboxylic acids is 1. The first-order valence-corrected chi connectivity index (χ1v) is 6.21. The van der Waals surface area contributed by atoms with Gasteiger partial charge in [0.25, 0.3) is 0 Å². The van der Waals surface area contributed by atoms with Crippen molar-refractivity contribution < 1.29 is 4.79 Å². The van der Waals surface area contributed by atoms with Crippen molar-refractivity contribution in [2.45, 2.75) is 19.8 Å². The molecule has 1 amide bonds. The third-order valence-corrected chi connectivity index (χ3v) is 2.85. The topological polar surface area (TPSA) is 29.1 Å². The molecule has 2 heteroatoms. The smallest absolute Gasteiger partial charge is 0.224 e. The molecule has 2 aromatic rings. The molecular formula is C16H17NO. The lowest BCUT2D eigenvalue weighted by atomic mass is 10.0. The summed E-state index contributed by atoms with van der Waals surface area (Å²) in [4.78, 5) is 11.5. The van der Waals surface area contributed by atoms with Crippen LogP contribution in [-0.4, -0.2) is 5.91 Å². The van der Waals surface area contributed by atoms with Gasteiger partial charge in [0.1, 0.15) is 0 Å². The maximum absolute atomic E-state index is 11.5. The molecule has 2 aromatic carbocycles. The highest BCUT2D eigenvalue weighted by molar-refractivity contribution is 5.91. The second-order valence-corrected chi connectivity index (χ2v) is 4.22. The second-order valence-electron chi connectivity index (χ2n) is 4.22. The Kier molecular flexibility index (Phi) is 4.13. The molecular weight excluding hydrogens is 222 g/mol. The Balaban J connectivity index is 2.20. The second kappa shape index (κ2) is 6.01. The summed E-state index contributed by atoms with van der Waals surface area (Å²) in [6.45, 7) is 1.86. The highest BCUT2D eigenvalue weighted by Crippen LogP contribution is 2.19. The van der Waals surface area contributed by atoms with Crippen molar-refractivity contribution in [2.24, 2.45) is 0 Å². The predicted molar refractivity (Wildman–Crippen MR) is 74.6 cm³/mol. The number of benzene rings is 2. The van der Waals surface area contributed by atoms with E-state index in [4.69, 9.17) is 0 Å². The highest BCUT2D eigenvalue weighted by atomic mass is 16.1. The molecule has 0 heterocycles. The number of nitrogens with one attached hydrogen (secondary N) is 1. The van der Waals surface area contributed by atoms with Crippen molar-refractivity contribution in [3.05, 3.63) is 65.7 Å². The number of anilines is 1. The van der Waals surface area contributed by atoms with Crippen LogP contribution in [0.1, 0.15) is 24.5 Å². The van der Waals surface area contributed by atoms with Gasteiger partial charge in [0.2, 0.25) is 5.91 Å². The van der Waals surface area contributed by atoms with Gasteiger partial charge in [0.15, 0.2) is 0 Å². The molecule has 2 rings (SSSR count). The molecule has 0 spiro atoms. The lowest BCUT2D eigenvalue weighted by Crippen LogP contribution is -2.11. The normalized spacial score (nSPS) is 10.1. The van der Waals surface area contributed by atoms with Gasteiger partial charge in [0.05, 0.1) is 0 Å². The Morgan fingerprint density at radius 3 is 2.39 bits per heavy atom. The van der Waals surface area contributed by atoms with Gasteiger partial charge in [-0.2, -0.15) is 0 Å². The molecule has 0 aliphatic heterocycles.